The van der Waals surface area contributed by atoms with Crippen molar-refractivity contribution >= 4 is 23.1 Å². The highest BCUT2D eigenvalue weighted by atomic mass is 32.1. The Bertz CT molecular complexity index is 406. The van der Waals surface area contributed by atoms with Crippen LogP contribution in [0.5, 0.6) is 0 Å². The van der Waals surface area contributed by atoms with Crippen LogP contribution in [-0.2, 0) is 4.79 Å². The molecule has 0 aliphatic heterocycles. The topological polar surface area (TPSA) is 55.1 Å². The number of carbonyl (C=O) groups excluding carboxylic acids is 1. The maximum Gasteiger partial charge on any atom is 0.228 e. The lowest BCUT2D eigenvalue weighted by Crippen LogP contribution is -2.44. The number of nitrogens with two attached hydrogens (primary N) is 1. The predicted molar refractivity (Wildman–Crippen MR) is 78.5 cm³/mol. The highest BCUT2D eigenvalue weighted by Gasteiger charge is 2.21. The lowest BCUT2D eigenvalue weighted by Gasteiger charge is -2.20. The molecule has 3 nitrogen and oxygen atoms in total. The number of benzene rings is 1. The van der Waals surface area contributed by atoms with Crippen molar-refractivity contribution in [3.05, 3.63) is 35.9 Å². The molecule has 0 heterocycles. The molecule has 0 aromatic heterocycles. The zero-order valence-corrected chi connectivity index (χ0v) is 11.7. The van der Waals surface area contributed by atoms with E-state index in [4.69, 9.17) is 18.0 Å². The fraction of sp³-hybridized carbons (Fsp3) is 0.429. The number of rotatable bonds is 6. The van der Waals surface area contributed by atoms with Gasteiger partial charge in [0, 0.05) is 0 Å². The van der Waals surface area contributed by atoms with Crippen molar-refractivity contribution in [1.82, 2.24) is 5.32 Å². The third-order valence-corrected chi connectivity index (χ3v) is 3.28. The van der Waals surface area contributed by atoms with Gasteiger partial charge in [0.2, 0.25) is 5.91 Å². The zero-order chi connectivity index (χ0) is 13.5. The van der Waals surface area contributed by atoms with E-state index in [1.165, 1.54) is 0 Å². The Morgan fingerprint density at radius 2 is 1.89 bits per heavy atom. The second-order valence-electron chi connectivity index (χ2n) is 4.24. The third kappa shape index (κ3) is 3.81. The molecule has 1 aromatic rings. The summed E-state index contributed by atoms with van der Waals surface area (Å²) in [6.45, 7) is 3.95. The molecular formula is C14H20N2OS. The Morgan fingerprint density at radius 3 is 2.33 bits per heavy atom. The summed E-state index contributed by atoms with van der Waals surface area (Å²) in [6.07, 6.45) is 1.47. The Hall–Kier alpha value is -1.42. The van der Waals surface area contributed by atoms with Crippen molar-refractivity contribution in [3.8, 4) is 0 Å². The number of thiocarbonyl (C=S) groups is 1. The standard InChI is InChI=1S/C14H20N2OS/c1-3-11(10-8-6-5-7-9-10)14(17)16-12(4-2)13(15)18/h5-9,11-12H,3-4H2,1-2H3,(H2,15,18)(H,16,17). The second-order valence-corrected chi connectivity index (χ2v) is 4.71. The molecule has 0 fully saturated rings. The minimum absolute atomic E-state index is 0.0108. The molecule has 3 N–H and O–H groups in total. The molecule has 0 radical (unpaired) electrons. The van der Waals surface area contributed by atoms with Gasteiger partial charge in [-0.25, -0.2) is 0 Å². The first-order valence-electron chi connectivity index (χ1n) is 6.24. The van der Waals surface area contributed by atoms with Gasteiger partial charge < -0.3 is 11.1 Å². The minimum atomic E-state index is -0.217. The van der Waals surface area contributed by atoms with Gasteiger partial charge in [-0.3, -0.25) is 4.79 Å². The Kier molecular flexibility index (Phi) is 5.78. The fourth-order valence-corrected chi connectivity index (χ4v) is 2.13. The van der Waals surface area contributed by atoms with E-state index in [0.29, 0.717) is 11.4 Å². The highest BCUT2D eigenvalue weighted by molar-refractivity contribution is 7.80. The van der Waals surface area contributed by atoms with Gasteiger partial charge in [-0.15, -0.1) is 0 Å². The smallest absolute Gasteiger partial charge is 0.228 e. The van der Waals surface area contributed by atoms with Crippen LogP contribution in [0.15, 0.2) is 30.3 Å². The molecule has 0 aliphatic rings. The quantitative estimate of drug-likeness (QED) is 0.776. The molecule has 1 aromatic carbocycles. The Labute approximate surface area is 114 Å². The minimum Gasteiger partial charge on any atom is -0.392 e. The number of nitrogens with one attached hydrogen (secondary N) is 1. The van der Waals surface area contributed by atoms with E-state index in [-0.39, 0.29) is 17.9 Å². The van der Waals surface area contributed by atoms with E-state index >= 15 is 0 Å². The van der Waals surface area contributed by atoms with Crippen LogP contribution < -0.4 is 11.1 Å². The summed E-state index contributed by atoms with van der Waals surface area (Å²) in [5, 5.41) is 2.91. The predicted octanol–water partition coefficient (Wildman–Crippen LogP) is 2.36. The fourth-order valence-electron chi connectivity index (χ4n) is 1.90. The first kappa shape index (κ1) is 14.6. The van der Waals surface area contributed by atoms with Crippen LogP contribution in [-0.4, -0.2) is 16.9 Å². The maximum atomic E-state index is 12.2. The molecule has 2 unspecified atom stereocenters. The molecule has 0 saturated carbocycles. The molecule has 4 heteroatoms. The number of amides is 1. The molecule has 18 heavy (non-hydrogen) atoms. The van der Waals surface area contributed by atoms with Gasteiger partial charge >= 0.3 is 0 Å². The number of hydrogen-bond donors (Lipinski definition) is 2. The van der Waals surface area contributed by atoms with Gasteiger partial charge in [0.1, 0.15) is 0 Å². The van der Waals surface area contributed by atoms with Crippen molar-refractivity contribution in [1.29, 1.82) is 0 Å². The van der Waals surface area contributed by atoms with E-state index < -0.39 is 0 Å². The summed E-state index contributed by atoms with van der Waals surface area (Å²) < 4.78 is 0. The Balaban J connectivity index is 2.78. The molecule has 2 atom stereocenters. The van der Waals surface area contributed by atoms with Gasteiger partial charge in [0.15, 0.2) is 0 Å². The molecule has 0 aliphatic carbocycles. The third-order valence-electron chi connectivity index (χ3n) is 2.99. The van der Waals surface area contributed by atoms with Crippen LogP contribution in [0.3, 0.4) is 0 Å². The van der Waals surface area contributed by atoms with Gasteiger partial charge in [0.25, 0.3) is 0 Å². The van der Waals surface area contributed by atoms with Gasteiger partial charge in [0.05, 0.1) is 16.9 Å². The summed E-state index contributed by atoms with van der Waals surface area (Å²) in [4.78, 5) is 12.6. The molecule has 1 amide bonds. The van der Waals surface area contributed by atoms with Crippen molar-refractivity contribution in [2.45, 2.75) is 38.6 Å². The van der Waals surface area contributed by atoms with E-state index in [9.17, 15) is 4.79 Å². The second kappa shape index (κ2) is 7.11. The molecule has 0 spiro atoms. The van der Waals surface area contributed by atoms with Gasteiger partial charge in [-0.05, 0) is 18.4 Å². The summed E-state index contributed by atoms with van der Waals surface area (Å²) in [5.74, 6) is -0.155. The van der Waals surface area contributed by atoms with Crippen molar-refractivity contribution < 1.29 is 4.79 Å². The van der Waals surface area contributed by atoms with Crippen LogP contribution in [0.2, 0.25) is 0 Å². The van der Waals surface area contributed by atoms with Crippen molar-refractivity contribution in [3.63, 3.8) is 0 Å². The molecular weight excluding hydrogens is 244 g/mol. The van der Waals surface area contributed by atoms with Crippen LogP contribution in [0, 0.1) is 0 Å². The van der Waals surface area contributed by atoms with Crippen LogP contribution in [0.4, 0.5) is 0 Å². The van der Waals surface area contributed by atoms with Crippen LogP contribution in [0.1, 0.15) is 38.2 Å². The zero-order valence-electron chi connectivity index (χ0n) is 10.8. The van der Waals surface area contributed by atoms with E-state index in [2.05, 4.69) is 5.32 Å². The molecule has 0 bridgehead atoms. The van der Waals surface area contributed by atoms with E-state index in [1.54, 1.807) is 0 Å². The normalized spacial score (nSPS) is 13.7. The van der Waals surface area contributed by atoms with Crippen LogP contribution >= 0.6 is 12.2 Å². The summed E-state index contributed by atoms with van der Waals surface area (Å²) in [6, 6.07) is 9.54. The van der Waals surface area contributed by atoms with Gasteiger partial charge in [-0.1, -0.05) is 56.4 Å². The first-order chi connectivity index (χ1) is 8.60. The summed E-state index contributed by atoms with van der Waals surface area (Å²) >= 11 is 4.94. The average Bonchev–Trinajstić information content (AvgIpc) is 2.37. The van der Waals surface area contributed by atoms with Crippen molar-refractivity contribution in [2.24, 2.45) is 5.73 Å². The monoisotopic (exact) mass is 264 g/mol. The Morgan fingerprint density at radius 1 is 1.28 bits per heavy atom. The summed E-state index contributed by atoms with van der Waals surface area (Å²) in [7, 11) is 0. The highest BCUT2D eigenvalue weighted by Crippen LogP contribution is 2.19. The molecule has 1 rings (SSSR count). The number of hydrogen-bond acceptors (Lipinski definition) is 2. The lowest BCUT2D eigenvalue weighted by atomic mass is 9.95. The average molecular weight is 264 g/mol. The SMILES string of the molecule is CCC(NC(=O)C(CC)c1ccccc1)C(N)=S. The largest absolute Gasteiger partial charge is 0.392 e. The van der Waals surface area contributed by atoms with Crippen molar-refractivity contribution in [2.75, 3.05) is 0 Å². The first-order valence-corrected chi connectivity index (χ1v) is 6.65. The molecule has 0 saturated heterocycles. The van der Waals surface area contributed by atoms with E-state index in [0.717, 1.165) is 12.0 Å². The lowest BCUT2D eigenvalue weighted by molar-refractivity contribution is -0.123. The maximum absolute atomic E-state index is 12.2. The number of carbonyl (C=O) groups is 1. The van der Waals surface area contributed by atoms with Gasteiger partial charge in [-0.2, -0.15) is 0 Å². The van der Waals surface area contributed by atoms with E-state index in [1.807, 2.05) is 44.2 Å². The molecule has 98 valence electrons. The van der Waals surface area contributed by atoms with Crippen LogP contribution in [0.25, 0.3) is 0 Å². The summed E-state index contributed by atoms with van der Waals surface area (Å²) in [5.41, 5.74) is 6.62.